The molecule has 5 heteroatoms. The molecule has 0 N–H and O–H groups in total. The van der Waals surface area contributed by atoms with Gasteiger partial charge in [0.05, 0.1) is 19.8 Å². The van der Waals surface area contributed by atoms with Gasteiger partial charge in [0.25, 0.3) is 0 Å². The van der Waals surface area contributed by atoms with E-state index in [1.807, 2.05) is 6.92 Å². The van der Waals surface area contributed by atoms with Crippen LogP contribution in [0.5, 0.6) is 0 Å². The maximum Gasteiger partial charge on any atom is 0.417 e. The van der Waals surface area contributed by atoms with Crippen LogP contribution in [-0.2, 0) is 23.8 Å². The Balaban J connectivity index is 3.49. The summed E-state index contributed by atoms with van der Waals surface area (Å²) in [5.41, 5.74) is 0. The van der Waals surface area contributed by atoms with E-state index in [2.05, 4.69) is 13.2 Å². The van der Waals surface area contributed by atoms with Gasteiger partial charge in [-0.2, -0.15) is 0 Å². The number of hydrogen-bond acceptors (Lipinski definition) is 5. The molecule has 0 aliphatic rings. The Labute approximate surface area is 114 Å². The van der Waals surface area contributed by atoms with Crippen molar-refractivity contribution in [2.24, 2.45) is 0 Å². The maximum absolute atomic E-state index is 11.2. The molecule has 0 saturated carbocycles. The molecule has 0 aromatic carbocycles. The van der Waals surface area contributed by atoms with Crippen LogP contribution in [0.1, 0.15) is 32.6 Å². The van der Waals surface area contributed by atoms with Crippen molar-refractivity contribution in [2.45, 2.75) is 32.6 Å². The number of carbonyl (C=O) groups is 2. The van der Waals surface area contributed by atoms with E-state index in [9.17, 15) is 9.59 Å². The van der Waals surface area contributed by atoms with Crippen molar-refractivity contribution >= 4 is 11.9 Å². The molecule has 0 spiro atoms. The molecule has 0 rings (SSSR count). The Kier molecular flexibility index (Phi) is 10.3. The molecule has 108 valence electrons. The van der Waals surface area contributed by atoms with Gasteiger partial charge in [-0.25, -0.2) is 9.59 Å². The highest BCUT2D eigenvalue weighted by Gasteiger charge is 2.16. The van der Waals surface area contributed by atoms with Gasteiger partial charge in [0, 0.05) is 0 Å². The molecule has 0 aromatic heterocycles. The Hall–Kier alpha value is -1.78. The van der Waals surface area contributed by atoms with Gasteiger partial charge in [0.15, 0.2) is 0 Å². The van der Waals surface area contributed by atoms with Crippen LogP contribution >= 0.6 is 0 Å². The van der Waals surface area contributed by atoms with Crippen molar-refractivity contribution in [1.82, 2.24) is 0 Å². The van der Waals surface area contributed by atoms with Gasteiger partial charge in [-0.1, -0.05) is 26.5 Å². The lowest BCUT2D eigenvalue weighted by Gasteiger charge is -2.06. The van der Waals surface area contributed by atoms with E-state index in [0.717, 1.165) is 12.8 Å². The van der Waals surface area contributed by atoms with Crippen molar-refractivity contribution in [3.63, 3.8) is 0 Å². The number of hydrogen-bond donors (Lipinski definition) is 0. The molecule has 0 aliphatic heterocycles. The van der Waals surface area contributed by atoms with E-state index in [-0.39, 0.29) is 13.2 Å². The van der Waals surface area contributed by atoms with Crippen LogP contribution in [0.15, 0.2) is 25.0 Å². The van der Waals surface area contributed by atoms with Gasteiger partial charge in [-0.15, -0.1) is 0 Å². The molecule has 0 aliphatic carbocycles. The maximum atomic E-state index is 11.2. The van der Waals surface area contributed by atoms with E-state index in [4.69, 9.17) is 14.2 Å². The van der Waals surface area contributed by atoms with Gasteiger partial charge < -0.3 is 14.2 Å². The van der Waals surface area contributed by atoms with Crippen molar-refractivity contribution in [3.8, 4) is 0 Å². The average molecular weight is 270 g/mol. The van der Waals surface area contributed by atoms with Crippen molar-refractivity contribution < 1.29 is 23.8 Å². The molecule has 0 aromatic rings. The number of esters is 2. The second-order valence-electron chi connectivity index (χ2n) is 3.85. The molecule has 0 unspecified atom stereocenters. The zero-order chi connectivity index (χ0) is 14.5. The standard InChI is InChI=1S/C14H22O5/c1-4-6-9-18-13(15)14(16)19-11-8-7-10-17-12(3)5-2/h5H,2-4,6-11H2,1H3. The molecular weight excluding hydrogens is 248 g/mol. The van der Waals surface area contributed by atoms with E-state index in [1.165, 1.54) is 6.08 Å². The van der Waals surface area contributed by atoms with Gasteiger partial charge in [-0.05, 0) is 25.3 Å². The lowest BCUT2D eigenvalue weighted by molar-refractivity contribution is -0.167. The van der Waals surface area contributed by atoms with Gasteiger partial charge >= 0.3 is 11.9 Å². The number of allylic oxidation sites excluding steroid dienone is 1. The van der Waals surface area contributed by atoms with Gasteiger partial charge in [-0.3, -0.25) is 0 Å². The lowest BCUT2D eigenvalue weighted by Crippen LogP contribution is -2.21. The van der Waals surface area contributed by atoms with Crippen LogP contribution in [0.4, 0.5) is 0 Å². The lowest BCUT2D eigenvalue weighted by atomic mass is 10.3. The number of carbonyl (C=O) groups excluding carboxylic acids is 2. The van der Waals surface area contributed by atoms with E-state index in [0.29, 0.717) is 25.2 Å². The molecule has 0 saturated heterocycles. The van der Waals surface area contributed by atoms with Crippen LogP contribution in [0.2, 0.25) is 0 Å². The molecule has 0 fully saturated rings. The average Bonchev–Trinajstić information content (AvgIpc) is 2.42. The number of ether oxygens (including phenoxy) is 3. The van der Waals surface area contributed by atoms with Crippen molar-refractivity contribution in [1.29, 1.82) is 0 Å². The normalized spacial score (nSPS) is 9.53. The van der Waals surface area contributed by atoms with E-state index in [1.54, 1.807) is 0 Å². The third-order valence-corrected chi connectivity index (χ3v) is 2.18. The van der Waals surface area contributed by atoms with Crippen molar-refractivity contribution in [2.75, 3.05) is 19.8 Å². The Morgan fingerprint density at radius 3 is 1.89 bits per heavy atom. The van der Waals surface area contributed by atoms with Crippen LogP contribution < -0.4 is 0 Å². The van der Waals surface area contributed by atoms with Crippen LogP contribution in [0, 0.1) is 0 Å². The van der Waals surface area contributed by atoms with Gasteiger partial charge in [0.2, 0.25) is 0 Å². The number of rotatable bonds is 10. The fourth-order valence-electron chi connectivity index (χ4n) is 1.06. The van der Waals surface area contributed by atoms with E-state index >= 15 is 0 Å². The first kappa shape index (κ1) is 17.2. The summed E-state index contributed by atoms with van der Waals surface area (Å²) in [7, 11) is 0. The Morgan fingerprint density at radius 2 is 1.42 bits per heavy atom. The first-order valence-corrected chi connectivity index (χ1v) is 6.39. The molecule has 0 amide bonds. The molecule has 19 heavy (non-hydrogen) atoms. The molecule has 5 nitrogen and oxygen atoms in total. The second-order valence-corrected chi connectivity index (χ2v) is 3.85. The molecule has 0 bridgehead atoms. The van der Waals surface area contributed by atoms with Crippen LogP contribution in [0.3, 0.4) is 0 Å². The SMILES string of the molecule is C=CC(=C)OCCCCOC(=O)C(=O)OCCCC. The highest BCUT2D eigenvalue weighted by molar-refractivity contribution is 6.29. The smallest absolute Gasteiger partial charge is 0.417 e. The predicted octanol–water partition coefficient (Wildman–Crippen LogP) is 2.37. The highest BCUT2D eigenvalue weighted by Crippen LogP contribution is 1.99. The first-order valence-electron chi connectivity index (χ1n) is 6.39. The molecular formula is C14H22O5. The van der Waals surface area contributed by atoms with Gasteiger partial charge in [0.1, 0.15) is 5.76 Å². The molecule has 0 radical (unpaired) electrons. The summed E-state index contributed by atoms with van der Waals surface area (Å²) in [6, 6.07) is 0. The largest absolute Gasteiger partial charge is 0.494 e. The molecule has 0 heterocycles. The van der Waals surface area contributed by atoms with Crippen LogP contribution in [0.25, 0.3) is 0 Å². The molecule has 0 atom stereocenters. The Morgan fingerprint density at radius 1 is 0.947 bits per heavy atom. The fraction of sp³-hybridized carbons (Fsp3) is 0.571. The Bertz CT molecular complexity index is 309. The van der Waals surface area contributed by atoms with Crippen molar-refractivity contribution in [3.05, 3.63) is 25.0 Å². The summed E-state index contributed by atoms with van der Waals surface area (Å²) in [4.78, 5) is 22.3. The minimum Gasteiger partial charge on any atom is -0.494 e. The van der Waals surface area contributed by atoms with E-state index < -0.39 is 11.9 Å². The minimum absolute atomic E-state index is 0.172. The minimum atomic E-state index is -0.937. The zero-order valence-corrected chi connectivity index (χ0v) is 11.5. The summed E-state index contributed by atoms with van der Waals surface area (Å²) >= 11 is 0. The monoisotopic (exact) mass is 270 g/mol. The topological polar surface area (TPSA) is 61.8 Å². The summed E-state index contributed by atoms with van der Waals surface area (Å²) in [5, 5.41) is 0. The highest BCUT2D eigenvalue weighted by atomic mass is 16.6. The number of unbranched alkanes of at least 4 members (excludes halogenated alkanes) is 2. The third kappa shape index (κ3) is 9.88. The third-order valence-electron chi connectivity index (χ3n) is 2.18. The summed E-state index contributed by atoms with van der Waals surface area (Å²) < 4.78 is 14.6. The zero-order valence-electron chi connectivity index (χ0n) is 11.5. The summed E-state index contributed by atoms with van der Waals surface area (Å²) in [6.45, 7) is 9.96. The fourth-order valence-corrected chi connectivity index (χ4v) is 1.06. The second kappa shape index (κ2) is 11.3. The first-order chi connectivity index (χ1) is 9.11. The van der Waals surface area contributed by atoms with Crippen LogP contribution in [-0.4, -0.2) is 31.8 Å². The quantitative estimate of drug-likeness (QED) is 0.200. The summed E-state index contributed by atoms with van der Waals surface area (Å²) in [5.74, 6) is -1.35. The predicted molar refractivity (Wildman–Crippen MR) is 71.3 cm³/mol. The summed E-state index contributed by atoms with van der Waals surface area (Å²) in [6.07, 6.45) is 4.47.